The topological polar surface area (TPSA) is 17.0 Å². The van der Waals surface area contributed by atoms with Crippen LogP contribution in [0.2, 0.25) is 0 Å². The molecule has 0 bridgehead atoms. The molecule has 1 aliphatic rings. The zero-order valence-corrected chi connectivity index (χ0v) is 10.5. The molecule has 0 spiro atoms. The van der Waals surface area contributed by atoms with E-state index in [0.717, 1.165) is 19.5 Å². The highest BCUT2D eigenvalue weighted by Crippen LogP contribution is 2.25. The highest BCUT2D eigenvalue weighted by atomic mass is 15.0. The van der Waals surface area contributed by atoms with E-state index in [9.17, 15) is 0 Å². The predicted molar refractivity (Wildman–Crippen MR) is 70.7 cm³/mol. The molecule has 3 rings (SSSR count). The lowest BCUT2D eigenvalue weighted by Crippen LogP contribution is -2.25. The number of rotatable bonds is 1. The van der Waals surface area contributed by atoms with Gasteiger partial charge in [-0.05, 0) is 56.1 Å². The summed E-state index contributed by atoms with van der Waals surface area (Å²) in [5.74, 6) is 0. The van der Waals surface area contributed by atoms with Crippen molar-refractivity contribution in [1.29, 1.82) is 0 Å². The molecule has 0 amide bonds. The quantitative estimate of drug-likeness (QED) is 0.791. The first-order valence-corrected chi connectivity index (χ1v) is 6.24. The van der Waals surface area contributed by atoms with E-state index < -0.39 is 0 Å². The van der Waals surface area contributed by atoms with Gasteiger partial charge in [0.2, 0.25) is 0 Å². The van der Waals surface area contributed by atoms with Crippen LogP contribution >= 0.6 is 0 Å². The van der Waals surface area contributed by atoms with Gasteiger partial charge in [-0.15, -0.1) is 0 Å². The Balaban J connectivity index is 2.21. The van der Waals surface area contributed by atoms with Crippen molar-refractivity contribution in [3.8, 4) is 5.69 Å². The van der Waals surface area contributed by atoms with Gasteiger partial charge < -0.3 is 9.88 Å². The molecule has 2 heterocycles. The Morgan fingerprint density at radius 1 is 1.06 bits per heavy atom. The zero-order valence-electron chi connectivity index (χ0n) is 10.5. The van der Waals surface area contributed by atoms with Crippen LogP contribution in [0.1, 0.15) is 22.5 Å². The second-order valence-corrected chi connectivity index (χ2v) is 4.79. The summed E-state index contributed by atoms with van der Waals surface area (Å²) in [6, 6.07) is 11.0. The van der Waals surface area contributed by atoms with E-state index >= 15 is 0 Å². The summed E-state index contributed by atoms with van der Waals surface area (Å²) in [6.45, 7) is 6.44. The second kappa shape index (κ2) is 4.04. The van der Waals surface area contributed by atoms with Crippen LogP contribution < -0.4 is 5.32 Å². The minimum absolute atomic E-state index is 1.00. The highest BCUT2D eigenvalue weighted by molar-refractivity contribution is 5.49. The van der Waals surface area contributed by atoms with Gasteiger partial charge in [-0.3, -0.25) is 0 Å². The van der Waals surface area contributed by atoms with Crippen molar-refractivity contribution < 1.29 is 0 Å². The number of benzene rings is 1. The van der Waals surface area contributed by atoms with E-state index in [-0.39, 0.29) is 0 Å². The first-order valence-electron chi connectivity index (χ1n) is 6.24. The van der Waals surface area contributed by atoms with Crippen LogP contribution in [0.4, 0.5) is 0 Å². The molecule has 0 saturated heterocycles. The molecule has 0 aliphatic carbocycles. The Morgan fingerprint density at radius 3 is 2.59 bits per heavy atom. The lowest BCUT2D eigenvalue weighted by molar-refractivity contribution is 0.640. The average Bonchev–Trinajstić information content (AvgIpc) is 2.69. The Hall–Kier alpha value is -1.54. The van der Waals surface area contributed by atoms with Crippen molar-refractivity contribution in [2.45, 2.75) is 26.8 Å². The molecule has 2 nitrogen and oxygen atoms in total. The molecule has 17 heavy (non-hydrogen) atoms. The third kappa shape index (κ3) is 1.69. The Morgan fingerprint density at radius 2 is 1.82 bits per heavy atom. The molecular weight excluding hydrogens is 208 g/mol. The maximum atomic E-state index is 3.43. The molecule has 2 heteroatoms. The van der Waals surface area contributed by atoms with Gasteiger partial charge in [0, 0.05) is 23.6 Å². The van der Waals surface area contributed by atoms with E-state index in [1.165, 1.54) is 28.2 Å². The Kier molecular flexibility index (Phi) is 2.52. The third-order valence-corrected chi connectivity index (χ3v) is 3.63. The summed E-state index contributed by atoms with van der Waals surface area (Å²) in [6.07, 6.45) is 1.13. The zero-order chi connectivity index (χ0) is 11.8. The van der Waals surface area contributed by atoms with Crippen LogP contribution in [0.5, 0.6) is 0 Å². The fraction of sp³-hybridized carbons (Fsp3) is 0.333. The SMILES string of the molecule is Cc1ccc(C)n1-c1cccc2c1CCNC2. The third-order valence-electron chi connectivity index (χ3n) is 3.63. The molecule has 2 aromatic rings. The molecule has 0 radical (unpaired) electrons. The van der Waals surface area contributed by atoms with Gasteiger partial charge >= 0.3 is 0 Å². The molecule has 1 aromatic heterocycles. The van der Waals surface area contributed by atoms with E-state index in [2.05, 4.69) is 54.1 Å². The lowest BCUT2D eigenvalue weighted by Gasteiger charge is -2.22. The number of hydrogen-bond donors (Lipinski definition) is 1. The average molecular weight is 226 g/mol. The van der Waals surface area contributed by atoms with Crippen LogP contribution in [0.3, 0.4) is 0 Å². The normalized spacial score (nSPS) is 14.7. The van der Waals surface area contributed by atoms with Crippen LogP contribution in [0, 0.1) is 13.8 Å². The smallest absolute Gasteiger partial charge is 0.0490 e. The van der Waals surface area contributed by atoms with Gasteiger partial charge in [0.15, 0.2) is 0 Å². The second-order valence-electron chi connectivity index (χ2n) is 4.79. The molecule has 88 valence electrons. The van der Waals surface area contributed by atoms with Crippen LogP contribution in [-0.4, -0.2) is 11.1 Å². The highest BCUT2D eigenvalue weighted by Gasteiger charge is 2.15. The predicted octanol–water partition coefficient (Wildman–Crippen LogP) is 2.74. The summed E-state index contributed by atoms with van der Waals surface area (Å²) in [5.41, 5.74) is 6.95. The molecule has 0 saturated carbocycles. The summed E-state index contributed by atoms with van der Waals surface area (Å²) >= 11 is 0. The van der Waals surface area contributed by atoms with Crippen LogP contribution in [-0.2, 0) is 13.0 Å². The largest absolute Gasteiger partial charge is 0.318 e. The number of nitrogens with zero attached hydrogens (tertiary/aromatic N) is 1. The summed E-state index contributed by atoms with van der Waals surface area (Å²) < 4.78 is 2.37. The first kappa shape index (κ1) is 10.6. The van der Waals surface area contributed by atoms with Crippen molar-refractivity contribution in [3.63, 3.8) is 0 Å². The lowest BCUT2D eigenvalue weighted by atomic mass is 9.99. The number of aryl methyl sites for hydroxylation is 2. The van der Waals surface area contributed by atoms with Gasteiger partial charge in [-0.1, -0.05) is 12.1 Å². The van der Waals surface area contributed by atoms with Gasteiger partial charge in [0.25, 0.3) is 0 Å². The molecule has 0 unspecified atom stereocenters. The number of hydrogen-bond acceptors (Lipinski definition) is 1. The first-order chi connectivity index (χ1) is 8.27. The maximum Gasteiger partial charge on any atom is 0.0490 e. The van der Waals surface area contributed by atoms with E-state index in [1.54, 1.807) is 0 Å². The minimum atomic E-state index is 1.00. The van der Waals surface area contributed by atoms with E-state index in [1.807, 2.05) is 0 Å². The minimum Gasteiger partial charge on any atom is -0.318 e. The summed E-state index contributed by atoms with van der Waals surface area (Å²) in [7, 11) is 0. The fourth-order valence-electron chi connectivity index (χ4n) is 2.77. The van der Waals surface area contributed by atoms with Gasteiger partial charge in [-0.25, -0.2) is 0 Å². The fourth-order valence-corrected chi connectivity index (χ4v) is 2.77. The maximum absolute atomic E-state index is 3.43. The van der Waals surface area contributed by atoms with Crippen molar-refractivity contribution in [2.75, 3.05) is 6.54 Å². The van der Waals surface area contributed by atoms with Crippen LogP contribution in [0.15, 0.2) is 30.3 Å². The number of nitrogens with one attached hydrogen (secondary N) is 1. The van der Waals surface area contributed by atoms with E-state index in [4.69, 9.17) is 0 Å². The molecular formula is C15H18N2. The molecule has 1 N–H and O–H groups in total. The number of aromatic nitrogens is 1. The molecule has 1 aliphatic heterocycles. The number of fused-ring (bicyclic) bond motifs is 1. The summed E-state index contributed by atoms with van der Waals surface area (Å²) in [5, 5.41) is 3.43. The van der Waals surface area contributed by atoms with Crippen LogP contribution in [0.25, 0.3) is 5.69 Å². The summed E-state index contributed by atoms with van der Waals surface area (Å²) in [4.78, 5) is 0. The standard InChI is InChI=1S/C15H18N2/c1-11-6-7-12(2)17(11)15-5-3-4-13-10-16-9-8-14(13)15/h3-7,16H,8-10H2,1-2H3. The van der Waals surface area contributed by atoms with Crippen molar-refractivity contribution in [2.24, 2.45) is 0 Å². The van der Waals surface area contributed by atoms with E-state index in [0.29, 0.717) is 0 Å². The molecule has 0 fully saturated rings. The van der Waals surface area contributed by atoms with Crippen molar-refractivity contribution in [3.05, 3.63) is 52.8 Å². The van der Waals surface area contributed by atoms with Gasteiger partial charge in [0.1, 0.15) is 0 Å². The molecule has 0 atom stereocenters. The van der Waals surface area contributed by atoms with Crippen molar-refractivity contribution in [1.82, 2.24) is 9.88 Å². The Labute approximate surface area is 102 Å². The monoisotopic (exact) mass is 226 g/mol. The van der Waals surface area contributed by atoms with Gasteiger partial charge in [-0.2, -0.15) is 0 Å². The van der Waals surface area contributed by atoms with Crippen molar-refractivity contribution >= 4 is 0 Å². The Bertz CT molecular complexity index is 533. The van der Waals surface area contributed by atoms with Gasteiger partial charge in [0.05, 0.1) is 0 Å². The molecule has 1 aromatic carbocycles.